The van der Waals surface area contributed by atoms with Gasteiger partial charge in [0.15, 0.2) is 0 Å². The van der Waals surface area contributed by atoms with Crippen LogP contribution < -0.4 is 20.2 Å². The number of carboxylic acids is 1. The van der Waals surface area contributed by atoms with Crippen molar-refractivity contribution in [2.24, 2.45) is 0 Å². The minimum atomic E-state index is -1.22. The van der Waals surface area contributed by atoms with Crippen molar-refractivity contribution in [1.29, 1.82) is 0 Å². The molecule has 4 rings (SSSR count). The smallest absolute Gasteiger partial charge is 0.101 e. The number of quaternary nitrogens is 1. The lowest BCUT2D eigenvalue weighted by Crippen LogP contribution is -3.14. The van der Waals surface area contributed by atoms with E-state index in [1.807, 2.05) is 18.2 Å². The third-order valence-electron chi connectivity index (χ3n) is 5.43. The van der Waals surface area contributed by atoms with Crippen molar-refractivity contribution in [1.82, 2.24) is 4.98 Å². The molecule has 2 fully saturated rings. The van der Waals surface area contributed by atoms with Crippen molar-refractivity contribution < 1.29 is 24.3 Å². The summed E-state index contributed by atoms with van der Waals surface area (Å²) >= 11 is 0. The van der Waals surface area contributed by atoms with Crippen LogP contribution in [-0.4, -0.2) is 76.6 Å². The number of pyridine rings is 1. The number of carboxylic acid groups (broad SMARTS) is 1. The first-order valence-corrected chi connectivity index (χ1v) is 9.85. The van der Waals surface area contributed by atoms with E-state index < -0.39 is 5.97 Å². The standard InChI is InChI=1S/C20H26N4O4/c25-20(26)16-14-22-19-15(2-1-3-17(19)24-8-12-28-13-9-24)18(16)21-4-5-23-6-10-27-11-7-23/h1-3,14H,4-13H2,(H,21,22)(H,25,26). The minimum Gasteiger partial charge on any atom is -0.545 e. The highest BCUT2D eigenvalue weighted by Crippen LogP contribution is 2.32. The van der Waals surface area contributed by atoms with Crippen molar-refractivity contribution in [2.45, 2.75) is 0 Å². The Hall–Kier alpha value is -2.42. The summed E-state index contributed by atoms with van der Waals surface area (Å²) < 4.78 is 10.8. The van der Waals surface area contributed by atoms with Gasteiger partial charge in [-0.1, -0.05) is 12.1 Å². The number of benzene rings is 1. The van der Waals surface area contributed by atoms with E-state index in [1.165, 1.54) is 11.1 Å². The maximum atomic E-state index is 11.7. The van der Waals surface area contributed by atoms with E-state index in [1.54, 1.807) is 0 Å². The lowest BCUT2D eigenvalue weighted by molar-refractivity contribution is -0.906. The average molecular weight is 386 g/mol. The largest absolute Gasteiger partial charge is 0.545 e. The Kier molecular flexibility index (Phi) is 5.90. The van der Waals surface area contributed by atoms with Gasteiger partial charge in [0.2, 0.25) is 0 Å². The second kappa shape index (κ2) is 8.72. The number of morpholine rings is 2. The molecule has 2 aliphatic rings. The highest BCUT2D eigenvalue weighted by molar-refractivity contribution is 6.06. The number of rotatable bonds is 6. The summed E-state index contributed by atoms with van der Waals surface area (Å²) in [6.45, 7) is 8.06. The van der Waals surface area contributed by atoms with Gasteiger partial charge in [-0.3, -0.25) is 4.98 Å². The van der Waals surface area contributed by atoms with E-state index >= 15 is 0 Å². The summed E-state index contributed by atoms with van der Waals surface area (Å²) in [4.78, 5) is 19.8. The van der Waals surface area contributed by atoms with Gasteiger partial charge in [0.1, 0.15) is 13.1 Å². The molecule has 1 aromatic carbocycles. The Morgan fingerprint density at radius 3 is 2.68 bits per heavy atom. The van der Waals surface area contributed by atoms with Crippen LogP contribution in [0.2, 0.25) is 0 Å². The molecule has 2 N–H and O–H groups in total. The van der Waals surface area contributed by atoms with Gasteiger partial charge in [0.25, 0.3) is 0 Å². The van der Waals surface area contributed by atoms with Crippen molar-refractivity contribution in [3.8, 4) is 0 Å². The van der Waals surface area contributed by atoms with Crippen LogP contribution in [0.4, 0.5) is 11.4 Å². The second-order valence-corrected chi connectivity index (χ2v) is 7.15. The van der Waals surface area contributed by atoms with Crippen LogP contribution in [0.15, 0.2) is 24.4 Å². The van der Waals surface area contributed by atoms with Gasteiger partial charge in [-0.05, 0) is 6.07 Å². The predicted molar refractivity (Wildman–Crippen MR) is 104 cm³/mol. The van der Waals surface area contributed by atoms with E-state index in [2.05, 4.69) is 15.2 Å². The molecule has 3 heterocycles. The van der Waals surface area contributed by atoms with Gasteiger partial charge < -0.3 is 34.5 Å². The minimum absolute atomic E-state index is 0.101. The fourth-order valence-electron chi connectivity index (χ4n) is 3.89. The zero-order chi connectivity index (χ0) is 19.3. The molecule has 0 saturated carbocycles. The Labute approximate surface area is 164 Å². The van der Waals surface area contributed by atoms with Crippen LogP contribution in [0.5, 0.6) is 0 Å². The summed E-state index contributed by atoms with van der Waals surface area (Å²) in [5.41, 5.74) is 2.50. The molecule has 0 amide bonds. The number of para-hydroxylation sites is 1. The number of aromatic nitrogens is 1. The number of hydrogen-bond donors (Lipinski definition) is 2. The molecule has 0 aliphatic carbocycles. The van der Waals surface area contributed by atoms with Gasteiger partial charge in [-0.15, -0.1) is 0 Å². The monoisotopic (exact) mass is 386 g/mol. The van der Waals surface area contributed by atoms with E-state index in [0.717, 1.165) is 62.5 Å². The number of nitrogens with zero attached hydrogens (tertiary/aromatic N) is 2. The SMILES string of the molecule is O=C([O-])c1cnc2c(N3CCOCC3)cccc2c1NCC[NH+]1CCOCC1. The average Bonchev–Trinajstić information content (AvgIpc) is 2.74. The van der Waals surface area contributed by atoms with Gasteiger partial charge in [0, 0.05) is 30.2 Å². The molecule has 28 heavy (non-hydrogen) atoms. The second-order valence-electron chi connectivity index (χ2n) is 7.15. The normalized spacial score (nSPS) is 18.4. The van der Waals surface area contributed by atoms with Crippen LogP contribution in [0.3, 0.4) is 0 Å². The van der Waals surface area contributed by atoms with Gasteiger partial charge >= 0.3 is 0 Å². The Bertz CT molecular complexity index is 832. The molecule has 2 aromatic rings. The number of aromatic carboxylic acids is 1. The molecule has 0 radical (unpaired) electrons. The first kappa shape index (κ1) is 18.9. The predicted octanol–water partition coefficient (Wildman–Crippen LogP) is -1.24. The molecule has 0 spiro atoms. The lowest BCUT2D eigenvalue weighted by Gasteiger charge is -2.30. The molecule has 2 saturated heterocycles. The molecule has 2 aliphatic heterocycles. The number of anilines is 2. The summed E-state index contributed by atoms with van der Waals surface area (Å²) in [5, 5.41) is 15.8. The fraction of sp³-hybridized carbons (Fsp3) is 0.500. The number of carbonyl (C=O) groups is 1. The summed E-state index contributed by atoms with van der Waals surface area (Å²) in [6.07, 6.45) is 1.41. The highest BCUT2D eigenvalue weighted by Gasteiger charge is 2.18. The number of carbonyl (C=O) groups excluding carboxylic acids is 1. The zero-order valence-corrected chi connectivity index (χ0v) is 15.9. The van der Waals surface area contributed by atoms with E-state index in [9.17, 15) is 9.90 Å². The van der Waals surface area contributed by atoms with Crippen molar-refractivity contribution in [3.05, 3.63) is 30.0 Å². The first-order chi connectivity index (χ1) is 13.7. The van der Waals surface area contributed by atoms with Crippen molar-refractivity contribution in [2.75, 3.05) is 75.9 Å². The van der Waals surface area contributed by atoms with Crippen molar-refractivity contribution >= 4 is 28.2 Å². The fourth-order valence-corrected chi connectivity index (χ4v) is 3.89. The molecule has 0 unspecified atom stereocenters. The van der Waals surface area contributed by atoms with Crippen LogP contribution in [0.25, 0.3) is 10.9 Å². The quantitative estimate of drug-likeness (QED) is 0.642. The molecule has 0 atom stereocenters. The molecule has 8 nitrogen and oxygen atoms in total. The lowest BCUT2D eigenvalue weighted by atomic mass is 10.1. The molecular formula is C20H26N4O4. The third-order valence-corrected chi connectivity index (χ3v) is 5.43. The van der Waals surface area contributed by atoms with Crippen molar-refractivity contribution in [3.63, 3.8) is 0 Å². The highest BCUT2D eigenvalue weighted by atomic mass is 16.5. The molecule has 8 heteroatoms. The van der Waals surface area contributed by atoms with Crippen LogP contribution in [0.1, 0.15) is 10.4 Å². The van der Waals surface area contributed by atoms with E-state index in [0.29, 0.717) is 25.4 Å². The number of ether oxygens (including phenoxy) is 2. The topological polar surface area (TPSA) is 91.2 Å². The summed E-state index contributed by atoms with van der Waals surface area (Å²) in [6, 6.07) is 5.90. The van der Waals surface area contributed by atoms with Crippen LogP contribution in [0, 0.1) is 0 Å². The first-order valence-electron chi connectivity index (χ1n) is 9.85. The molecule has 150 valence electrons. The number of nitrogens with one attached hydrogen (secondary N) is 2. The van der Waals surface area contributed by atoms with Gasteiger partial charge in [0.05, 0.1) is 62.4 Å². The number of hydrogen-bond acceptors (Lipinski definition) is 7. The van der Waals surface area contributed by atoms with Gasteiger partial charge in [-0.25, -0.2) is 0 Å². The van der Waals surface area contributed by atoms with Crippen LogP contribution in [-0.2, 0) is 9.47 Å². The number of fused-ring (bicyclic) bond motifs is 1. The molecular weight excluding hydrogens is 360 g/mol. The van der Waals surface area contributed by atoms with E-state index in [4.69, 9.17) is 9.47 Å². The Balaban J connectivity index is 1.62. The van der Waals surface area contributed by atoms with E-state index in [-0.39, 0.29) is 5.56 Å². The van der Waals surface area contributed by atoms with Crippen LogP contribution >= 0.6 is 0 Å². The summed E-state index contributed by atoms with van der Waals surface area (Å²) in [7, 11) is 0. The third kappa shape index (κ3) is 4.04. The maximum Gasteiger partial charge on any atom is 0.101 e. The molecule has 0 bridgehead atoms. The Morgan fingerprint density at radius 2 is 1.93 bits per heavy atom. The Morgan fingerprint density at radius 1 is 1.18 bits per heavy atom. The molecule has 1 aromatic heterocycles. The maximum absolute atomic E-state index is 11.7. The zero-order valence-electron chi connectivity index (χ0n) is 15.9. The van der Waals surface area contributed by atoms with Gasteiger partial charge in [-0.2, -0.15) is 0 Å². The summed E-state index contributed by atoms with van der Waals surface area (Å²) in [5.74, 6) is -1.22.